The van der Waals surface area contributed by atoms with Crippen molar-refractivity contribution in [2.75, 3.05) is 0 Å². The molecule has 0 amide bonds. The third-order valence-electron chi connectivity index (χ3n) is 19.5. The summed E-state index contributed by atoms with van der Waals surface area (Å²) in [5.41, 5.74) is 26.8. The summed E-state index contributed by atoms with van der Waals surface area (Å²) < 4.78 is 0. The smallest absolute Gasteiger partial charge is 0.0461 e. The topological polar surface area (TPSA) is 0 Å². The second-order valence-electron chi connectivity index (χ2n) is 23.2. The zero-order valence-electron chi connectivity index (χ0n) is 46.5. The summed E-state index contributed by atoms with van der Waals surface area (Å²) >= 11 is 0. The van der Waals surface area contributed by atoms with E-state index in [4.69, 9.17) is 0 Å². The minimum Gasteiger partial charge on any atom is -0.0654 e. The van der Waals surface area contributed by atoms with Crippen LogP contribution in [0.1, 0.15) is 136 Å². The summed E-state index contributed by atoms with van der Waals surface area (Å²) in [4.78, 5) is 0. The van der Waals surface area contributed by atoms with Crippen molar-refractivity contribution in [3.05, 3.63) is 275 Å². The quantitative estimate of drug-likeness (QED) is 0.0709. The molecule has 2 atom stereocenters. The molecule has 0 saturated heterocycles. The molecule has 79 heavy (non-hydrogen) atoms. The van der Waals surface area contributed by atoms with Gasteiger partial charge in [0.1, 0.15) is 0 Å². The van der Waals surface area contributed by atoms with Crippen LogP contribution in [0.4, 0.5) is 0 Å². The molecule has 14 rings (SSSR count). The van der Waals surface area contributed by atoms with Crippen LogP contribution in [0.15, 0.2) is 231 Å². The molecule has 0 heterocycles. The molecule has 0 N–H and O–H groups in total. The SMILES string of the molecule is CCCCCC1(CCCCC)c2ccccc2-c2ccc(-c3c4ccccc4c(-c4ccc5c(c4)C(CC)(c4ccccc4)c4cc(-c6ccc7c(c6)C(CC)(c6ccccc6)c6ccccc6-7)ccc4-5)c4ccccc34)cc21. The number of unbranched alkanes of at least 4 members (excludes halogenated alkanes) is 4. The van der Waals surface area contributed by atoms with Crippen LogP contribution in [0.25, 0.3) is 88.3 Å². The number of hydrogen-bond acceptors (Lipinski definition) is 0. The van der Waals surface area contributed by atoms with E-state index >= 15 is 0 Å². The maximum absolute atomic E-state index is 2.64. The average molecular weight is 1020 g/mol. The summed E-state index contributed by atoms with van der Waals surface area (Å²) in [5, 5.41) is 5.22. The largest absolute Gasteiger partial charge is 0.0654 e. The van der Waals surface area contributed by atoms with Crippen molar-refractivity contribution < 1.29 is 0 Å². The van der Waals surface area contributed by atoms with Gasteiger partial charge in [-0.1, -0.05) is 272 Å². The second-order valence-corrected chi connectivity index (χ2v) is 23.2. The minimum atomic E-state index is -0.365. The highest BCUT2D eigenvalue weighted by Gasteiger charge is 2.46. The Hall–Kier alpha value is -8.06. The van der Waals surface area contributed by atoms with Gasteiger partial charge in [-0.3, -0.25) is 0 Å². The first-order chi connectivity index (χ1) is 39.0. The van der Waals surface area contributed by atoms with Crippen LogP contribution >= 0.6 is 0 Å². The van der Waals surface area contributed by atoms with E-state index in [0.29, 0.717) is 0 Å². The third-order valence-corrected chi connectivity index (χ3v) is 19.5. The van der Waals surface area contributed by atoms with Crippen LogP contribution in [0, 0.1) is 0 Å². The summed E-state index contributed by atoms with van der Waals surface area (Å²) in [6.07, 6.45) is 11.8. The van der Waals surface area contributed by atoms with Gasteiger partial charge < -0.3 is 0 Å². The predicted octanol–water partition coefficient (Wildman–Crippen LogP) is 21.9. The van der Waals surface area contributed by atoms with E-state index in [9.17, 15) is 0 Å². The van der Waals surface area contributed by atoms with Gasteiger partial charge in [0, 0.05) is 16.2 Å². The van der Waals surface area contributed by atoms with E-state index in [0.717, 1.165) is 12.8 Å². The van der Waals surface area contributed by atoms with Crippen LogP contribution in [-0.4, -0.2) is 0 Å². The fourth-order valence-corrected chi connectivity index (χ4v) is 15.9. The molecule has 0 fully saturated rings. The van der Waals surface area contributed by atoms with Gasteiger partial charge in [0.25, 0.3) is 0 Å². The highest BCUT2D eigenvalue weighted by molar-refractivity contribution is 6.21. The van der Waals surface area contributed by atoms with E-state index in [-0.39, 0.29) is 16.2 Å². The highest BCUT2D eigenvalue weighted by atomic mass is 14.5. The maximum atomic E-state index is 2.64. The molecular weight excluding hydrogens is 949 g/mol. The monoisotopic (exact) mass is 1020 g/mol. The van der Waals surface area contributed by atoms with Gasteiger partial charge in [-0.15, -0.1) is 0 Å². The fraction of sp³-hybridized carbons (Fsp3) is 0.215. The van der Waals surface area contributed by atoms with Gasteiger partial charge in [-0.05, 0) is 183 Å². The molecule has 0 radical (unpaired) electrons. The molecule has 0 saturated carbocycles. The first kappa shape index (κ1) is 49.2. The zero-order valence-corrected chi connectivity index (χ0v) is 46.5. The molecule has 11 aromatic rings. The molecular formula is C79H70. The summed E-state index contributed by atoms with van der Waals surface area (Å²) in [6.45, 7) is 9.46. The van der Waals surface area contributed by atoms with Gasteiger partial charge in [0.15, 0.2) is 0 Å². The van der Waals surface area contributed by atoms with Crippen LogP contribution in [-0.2, 0) is 16.2 Å². The van der Waals surface area contributed by atoms with Gasteiger partial charge in [0.05, 0.1) is 0 Å². The molecule has 11 aromatic carbocycles. The summed E-state index contributed by atoms with van der Waals surface area (Å²) in [5.74, 6) is 0. The first-order valence-electron chi connectivity index (χ1n) is 29.8. The standard InChI is InChI=1S/C79H70/c1-5-9-25-47-77(48-26-10-6-2)69-37-23-21-31-59(69)61-45-41-55(51-71(61)77)75-65-33-17-19-35-67(65)76(68-36-20-18-34-66(68)75)56-42-46-64-63-44-40-54(50-73(63)79(8-4,74(64)52-56)58-29-15-12-16-30-58)53-39-43-62-60-32-22-24-38-70(60)78(7-3,72(62)49-53)57-27-13-11-14-28-57/h11-24,27-46,49-52H,5-10,25-26,47-48H2,1-4H3. The Kier molecular flexibility index (Phi) is 12.3. The lowest BCUT2D eigenvalue weighted by Gasteiger charge is -2.33. The lowest BCUT2D eigenvalue weighted by molar-refractivity contribution is 0.405. The fourth-order valence-electron chi connectivity index (χ4n) is 15.9. The number of benzene rings is 11. The predicted molar refractivity (Wildman–Crippen MR) is 336 cm³/mol. The van der Waals surface area contributed by atoms with Crippen LogP contribution < -0.4 is 0 Å². The summed E-state index contributed by atoms with van der Waals surface area (Å²) in [6, 6.07) is 89.5. The Morgan fingerprint density at radius 1 is 0.266 bits per heavy atom. The van der Waals surface area contributed by atoms with E-state index in [1.54, 1.807) is 5.56 Å². The second kappa shape index (κ2) is 19.7. The van der Waals surface area contributed by atoms with Gasteiger partial charge in [0.2, 0.25) is 0 Å². The highest BCUT2D eigenvalue weighted by Crippen LogP contribution is 2.60. The number of rotatable bonds is 15. The Balaban J connectivity index is 0.927. The minimum absolute atomic E-state index is 0.0160. The zero-order chi connectivity index (χ0) is 53.3. The third kappa shape index (κ3) is 7.32. The maximum Gasteiger partial charge on any atom is 0.0461 e. The molecule has 0 aliphatic heterocycles. The molecule has 0 spiro atoms. The van der Waals surface area contributed by atoms with Crippen LogP contribution in [0.2, 0.25) is 0 Å². The first-order valence-corrected chi connectivity index (χ1v) is 29.8. The molecule has 0 bridgehead atoms. The number of hydrogen-bond donors (Lipinski definition) is 0. The molecule has 0 heteroatoms. The van der Waals surface area contributed by atoms with Crippen molar-refractivity contribution in [3.8, 4) is 66.8 Å². The van der Waals surface area contributed by atoms with Gasteiger partial charge in [-0.25, -0.2) is 0 Å². The van der Waals surface area contributed by atoms with Gasteiger partial charge >= 0.3 is 0 Å². The van der Waals surface area contributed by atoms with Crippen molar-refractivity contribution in [1.29, 1.82) is 0 Å². The van der Waals surface area contributed by atoms with Crippen molar-refractivity contribution in [3.63, 3.8) is 0 Å². The Morgan fingerprint density at radius 3 is 1.04 bits per heavy atom. The molecule has 3 aliphatic carbocycles. The van der Waals surface area contributed by atoms with E-state index in [1.165, 1.54) is 179 Å². The Bertz CT molecular complexity index is 4070. The molecule has 0 nitrogen and oxygen atoms in total. The van der Waals surface area contributed by atoms with Crippen LogP contribution in [0.3, 0.4) is 0 Å². The lowest BCUT2D eigenvalue weighted by Crippen LogP contribution is -2.26. The van der Waals surface area contributed by atoms with E-state index in [1.807, 2.05) is 0 Å². The number of fused-ring (bicyclic) bond motifs is 11. The van der Waals surface area contributed by atoms with E-state index < -0.39 is 0 Å². The average Bonchev–Trinajstić information content (AvgIpc) is 4.23. The molecule has 3 aliphatic rings. The van der Waals surface area contributed by atoms with Crippen molar-refractivity contribution in [2.24, 2.45) is 0 Å². The Labute approximate surface area is 468 Å². The van der Waals surface area contributed by atoms with Crippen LogP contribution in [0.5, 0.6) is 0 Å². The summed E-state index contributed by atoms with van der Waals surface area (Å²) in [7, 11) is 0. The molecule has 386 valence electrons. The van der Waals surface area contributed by atoms with Crippen molar-refractivity contribution >= 4 is 21.5 Å². The van der Waals surface area contributed by atoms with E-state index in [2.05, 4.69) is 258 Å². The lowest BCUT2D eigenvalue weighted by atomic mass is 9.69. The molecule has 2 unspecified atom stereocenters. The molecule has 0 aromatic heterocycles. The van der Waals surface area contributed by atoms with Crippen molar-refractivity contribution in [2.45, 2.75) is 108 Å². The van der Waals surface area contributed by atoms with Gasteiger partial charge in [-0.2, -0.15) is 0 Å². The van der Waals surface area contributed by atoms with Crippen molar-refractivity contribution in [1.82, 2.24) is 0 Å². The normalized spacial score (nSPS) is 17.1. The Morgan fingerprint density at radius 2 is 0.595 bits per heavy atom.